The highest BCUT2D eigenvalue weighted by molar-refractivity contribution is 6.20. The van der Waals surface area contributed by atoms with Crippen LogP contribution in [0.25, 0.3) is 0 Å². The summed E-state index contributed by atoms with van der Waals surface area (Å²) in [6, 6.07) is 8.74. The van der Waals surface area contributed by atoms with Crippen molar-refractivity contribution in [2.45, 2.75) is 63.7 Å². The maximum absolute atomic E-state index is 6.49. The lowest BCUT2D eigenvalue weighted by Gasteiger charge is -2.22. The van der Waals surface area contributed by atoms with E-state index in [9.17, 15) is 0 Å². The van der Waals surface area contributed by atoms with Gasteiger partial charge in [-0.25, -0.2) is 0 Å². The predicted octanol–water partition coefficient (Wildman–Crippen LogP) is 5.51. The van der Waals surface area contributed by atoms with E-state index >= 15 is 0 Å². The van der Waals surface area contributed by atoms with Crippen LogP contribution in [0.15, 0.2) is 24.3 Å². The maximum atomic E-state index is 6.49. The summed E-state index contributed by atoms with van der Waals surface area (Å²) in [6.45, 7) is 2.15. The van der Waals surface area contributed by atoms with Crippen LogP contribution in [0.4, 0.5) is 0 Å². The third-order valence-corrected chi connectivity index (χ3v) is 4.53. The Morgan fingerprint density at radius 1 is 1.22 bits per heavy atom. The molecule has 0 N–H and O–H groups in total. The molecule has 18 heavy (non-hydrogen) atoms. The maximum Gasteiger partial charge on any atom is 0.0376 e. The van der Waals surface area contributed by atoms with Crippen LogP contribution in [0.1, 0.15) is 56.1 Å². The Labute approximate surface area is 117 Å². The van der Waals surface area contributed by atoms with Crippen molar-refractivity contribution < 1.29 is 0 Å². The summed E-state index contributed by atoms with van der Waals surface area (Å²) in [6.07, 6.45) is 10.7. The molecule has 0 heterocycles. The summed E-state index contributed by atoms with van der Waals surface area (Å²) in [5.41, 5.74) is 2.72. The van der Waals surface area contributed by atoms with E-state index in [1.165, 1.54) is 56.1 Å². The van der Waals surface area contributed by atoms with Crippen LogP contribution in [0, 0.1) is 12.8 Å². The van der Waals surface area contributed by atoms with Crippen molar-refractivity contribution in [1.82, 2.24) is 0 Å². The molecule has 0 spiro atoms. The summed E-state index contributed by atoms with van der Waals surface area (Å²) in [7, 11) is 0. The number of benzene rings is 1. The quantitative estimate of drug-likeness (QED) is 0.616. The molecule has 1 atom stereocenters. The first-order valence-electron chi connectivity index (χ1n) is 7.43. The highest BCUT2D eigenvalue weighted by Crippen LogP contribution is 2.29. The van der Waals surface area contributed by atoms with Gasteiger partial charge in [0.25, 0.3) is 0 Å². The van der Waals surface area contributed by atoms with Crippen molar-refractivity contribution in [1.29, 1.82) is 0 Å². The van der Waals surface area contributed by atoms with Gasteiger partial charge in [0.1, 0.15) is 0 Å². The molecular weight excluding hydrogens is 240 g/mol. The van der Waals surface area contributed by atoms with Crippen LogP contribution in [0.5, 0.6) is 0 Å². The SMILES string of the molecule is Cc1cccc(CC(Cl)CCC2CCCCC2)c1. The molecule has 1 heteroatoms. The zero-order valence-electron chi connectivity index (χ0n) is 11.5. The van der Waals surface area contributed by atoms with E-state index in [4.69, 9.17) is 11.6 Å². The fraction of sp³-hybridized carbons (Fsp3) is 0.647. The molecule has 1 unspecified atom stereocenters. The lowest BCUT2D eigenvalue weighted by Crippen LogP contribution is -2.10. The lowest BCUT2D eigenvalue weighted by atomic mass is 9.85. The Bertz CT molecular complexity index is 352. The highest BCUT2D eigenvalue weighted by atomic mass is 35.5. The summed E-state index contributed by atoms with van der Waals surface area (Å²) in [4.78, 5) is 0. The Balaban J connectivity index is 1.72. The average Bonchev–Trinajstić information content (AvgIpc) is 2.38. The zero-order chi connectivity index (χ0) is 12.8. The molecule has 0 nitrogen and oxygen atoms in total. The summed E-state index contributed by atoms with van der Waals surface area (Å²) in [5, 5.41) is 0.314. The van der Waals surface area contributed by atoms with Crippen molar-refractivity contribution >= 4 is 11.6 Å². The molecule has 100 valence electrons. The second-order valence-electron chi connectivity index (χ2n) is 5.87. The molecule has 0 aliphatic heterocycles. The van der Waals surface area contributed by atoms with Crippen LogP contribution < -0.4 is 0 Å². The number of hydrogen-bond donors (Lipinski definition) is 0. The fourth-order valence-electron chi connectivity index (χ4n) is 3.09. The van der Waals surface area contributed by atoms with Gasteiger partial charge < -0.3 is 0 Å². The Morgan fingerprint density at radius 2 is 2.00 bits per heavy atom. The first-order chi connectivity index (χ1) is 8.74. The second-order valence-corrected chi connectivity index (χ2v) is 6.49. The third kappa shape index (κ3) is 4.65. The molecule has 0 bridgehead atoms. The number of halogens is 1. The van der Waals surface area contributed by atoms with E-state index < -0.39 is 0 Å². The van der Waals surface area contributed by atoms with Gasteiger partial charge in [-0.2, -0.15) is 0 Å². The van der Waals surface area contributed by atoms with Crippen molar-refractivity contribution in [3.05, 3.63) is 35.4 Å². The first kappa shape index (κ1) is 13.9. The Hall–Kier alpha value is -0.490. The molecule has 0 aromatic heterocycles. The standard InChI is InChI=1S/C17H25Cl/c1-14-6-5-9-16(12-14)13-17(18)11-10-15-7-3-2-4-8-15/h5-6,9,12,15,17H,2-4,7-8,10-11,13H2,1H3. The minimum absolute atomic E-state index is 0.314. The predicted molar refractivity (Wildman–Crippen MR) is 80.3 cm³/mol. The molecule has 1 aliphatic rings. The van der Waals surface area contributed by atoms with E-state index in [0.717, 1.165) is 12.3 Å². The molecule has 1 saturated carbocycles. The average molecular weight is 265 g/mol. The molecule has 1 aromatic rings. The molecule has 0 saturated heterocycles. The van der Waals surface area contributed by atoms with Crippen molar-refractivity contribution in [3.63, 3.8) is 0 Å². The minimum Gasteiger partial charge on any atom is -0.123 e. The van der Waals surface area contributed by atoms with Gasteiger partial charge in [-0.15, -0.1) is 11.6 Å². The van der Waals surface area contributed by atoms with E-state index in [2.05, 4.69) is 31.2 Å². The van der Waals surface area contributed by atoms with Gasteiger partial charge in [0.2, 0.25) is 0 Å². The topological polar surface area (TPSA) is 0 Å². The molecule has 1 fully saturated rings. The lowest BCUT2D eigenvalue weighted by molar-refractivity contribution is 0.330. The van der Waals surface area contributed by atoms with Crippen molar-refractivity contribution in [3.8, 4) is 0 Å². The number of aryl methyl sites for hydroxylation is 1. The van der Waals surface area contributed by atoms with Crippen molar-refractivity contribution in [2.24, 2.45) is 5.92 Å². The molecule has 1 aliphatic carbocycles. The fourth-order valence-corrected chi connectivity index (χ4v) is 3.39. The third-order valence-electron chi connectivity index (χ3n) is 4.15. The highest BCUT2D eigenvalue weighted by Gasteiger charge is 2.15. The van der Waals surface area contributed by atoms with Gasteiger partial charge in [0.05, 0.1) is 0 Å². The van der Waals surface area contributed by atoms with E-state index in [1.807, 2.05) is 0 Å². The van der Waals surface area contributed by atoms with E-state index in [1.54, 1.807) is 0 Å². The summed E-state index contributed by atoms with van der Waals surface area (Å²) >= 11 is 6.49. The Morgan fingerprint density at radius 3 is 2.72 bits per heavy atom. The van der Waals surface area contributed by atoms with Crippen LogP contribution >= 0.6 is 11.6 Å². The normalized spacial score (nSPS) is 18.8. The van der Waals surface area contributed by atoms with Gasteiger partial charge in [-0.1, -0.05) is 61.9 Å². The number of hydrogen-bond acceptors (Lipinski definition) is 0. The molecule has 0 amide bonds. The van der Waals surface area contributed by atoms with Crippen LogP contribution in [-0.4, -0.2) is 5.38 Å². The second kappa shape index (κ2) is 7.19. The van der Waals surface area contributed by atoms with Gasteiger partial charge >= 0.3 is 0 Å². The van der Waals surface area contributed by atoms with Gasteiger partial charge in [-0.05, 0) is 37.7 Å². The van der Waals surface area contributed by atoms with Gasteiger partial charge in [0.15, 0.2) is 0 Å². The smallest absolute Gasteiger partial charge is 0.0376 e. The summed E-state index contributed by atoms with van der Waals surface area (Å²) < 4.78 is 0. The number of alkyl halides is 1. The molecule has 2 rings (SSSR count). The minimum atomic E-state index is 0.314. The van der Waals surface area contributed by atoms with Crippen molar-refractivity contribution in [2.75, 3.05) is 0 Å². The molecule has 1 aromatic carbocycles. The monoisotopic (exact) mass is 264 g/mol. The summed E-state index contributed by atoms with van der Waals surface area (Å²) in [5.74, 6) is 0.956. The van der Waals surface area contributed by atoms with Crippen LogP contribution in [0.2, 0.25) is 0 Å². The number of rotatable bonds is 5. The largest absolute Gasteiger partial charge is 0.123 e. The van der Waals surface area contributed by atoms with Crippen LogP contribution in [0.3, 0.4) is 0 Å². The first-order valence-corrected chi connectivity index (χ1v) is 7.87. The van der Waals surface area contributed by atoms with E-state index in [0.29, 0.717) is 5.38 Å². The van der Waals surface area contributed by atoms with Gasteiger partial charge in [0, 0.05) is 5.38 Å². The molecule has 0 radical (unpaired) electrons. The Kier molecular flexibility index (Phi) is 5.56. The van der Waals surface area contributed by atoms with Gasteiger partial charge in [-0.3, -0.25) is 0 Å². The van der Waals surface area contributed by atoms with Crippen LogP contribution in [-0.2, 0) is 6.42 Å². The van der Waals surface area contributed by atoms with E-state index in [-0.39, 0.29) is 0 Å². The molecular formula is C17H25Cl. The zero-order valence-corrected chi connectivity index (χ0v) is 12.3.